The highest BCUT2D eigenvalue weighted by Crippen LogP contribution is 2.17. The van der Waals surface area contributed by atoms with Gasteiger partial charge in [0.25, 0.3) is 0 Å². The van der Waals surface area contributed by atoms with Gasteiger partial charge in [-0.1, -0.05) is 6.07 Å². The number of nitrogens with one attached hydrogen (secondary N) is 1. The van der Waals surface area contributed by atoms with Crippen LogP contribution in [0.2, 0.25) is 0 Å². The first-order valence-corrected chi connectivity index (χ1v) is 7.44. The van der Waals surface area contributed by atoms with Crippen molar-refractivity contribution < 1.29 is 0 Å². The van der Waals surface area contributed by atoms with Crippen LogP contribution in [0, 0.1) is 11.3 Å². The van der Waals surface area contributed by atoms with Gasteiger partial charge in [0.15, 0.2) is 11.5 Å². The summed E-state index contributed by atoms with van der Waals surface area (Å²) in [5.74, 6) is 0.582. The maximum absolute atomic E-state index is 9.08. The zero-order valence-corrected chi connectivity index (χ0v) is 12.3. The second-order valence-corrected chi connectivity index (χ2v) is 5.45. The van der Waals surface area contributed by atoms with Crippen molar-refractivity contribution in [3.63, 3.8) is 0 Å². The average molecular weight is 294 g/mol. The van der Waals surface area contributed by atoms with Crippen LogP contribution in [0.1, 0.15) is 24.1 Å². The minimum atomic E-state index is 0.286. The molecule has 2 aromatic heterocycles. The molecule has 0 aromatic carbocycles. The number of nitrogens with zero attached hydrogens (tertiary/aromatic N) is 5. The molecule has 2 aromatic rings. The van der Waals surface area contributed by atoms with Crippen LogP contribution < -0.4 is 5.32 Å². The van der Waals surface area contributed by atoms with Crippen LogP contribution >= 0.6 is 0 Å². The number of piperidine rings is 1. The van der Waals surface area contributed by atoms with Crippen molar-refractivity contribution >= 4 is 5.82 Å². The maximum Gasteiger partial charge on any atom is 0.182 e. The zero-order valence-electron chi connectivity index (χ0n) is 12.3. The van der Waals surface area contributed by atoms with Crippen molar-refractivity contribution in [1.82, 2.24) is 19.9 Å². The second-order valence-electron chi connectivity index (χ2n) is 5.45. The second kappa shape index (κ2) is 6.96. The summed E-state index contributed by atoms with van der Waals surface area (Å²) in [7, 11) is 0. The minimum Gasteiger partial charge on any atom is -0.364 e. The van der Waals surface area contributed by atoms with Gasteiger partial charge in [0, 0.05) is 43.9 Å². The van der Waals surface area contributed by atoms with Gasteiger partial charge in [-0.3, -0.25) is 9.88 Å². The van der Waals surface area contributed by atoms with Crippen LogP contribution in [0.15, 0.2) is 36.9 Å². The number of aromatic nitrogens is 3. The van der Waals surface area contributed by atoms with Crippen molar-refractivity contribution in [2.45, 2.75) is 25.4 Å². The first kappa shape index (κ1) is 14.4. The summed E-state index contributed by atoms with van der Waals surface area (Å²) in [6.45, 7) is 2.91. The van der Waals surface area contributed by atoms with Crippen molar-refractivity contribution in [3.05, 3.63) is 48.2 Å². The van der Waals surface area contributed by atoms with Crippen LogP contribution in [-0.2, 0) is 6.54 Å². The Bertz CT molecular complexity index is 651. The Morgan fingerprint density at radius 2 is 2.23 bits per heavy atom. The highest BCUT2D eigenvalue weighted by atomic mass is 15.2. The van der Waals surface area contributed by atoms with E-state index >= 15 is 0 Å². The standard InChI is InChI=1S/C16H18N6/c17-9-15-16(20-7-6-19-15)21-14-4-2-8-22(12-14)11-13-3-1-5-18-10-13/h1,3,5-7,10,14H,2,4,8,11-12H2,(H,20,21)/t14-/m0/s1. The molecular formula is C16H18N6. The van der Waals surface area contributed by atoms with Gasteiger partial charge in [0.05, 0.1) is 0 Å². The molecule has 3 heterocycles. The summed E-state index contributed by atoms with van der Waals surface area (Å²) < 4.78 is 0. The minimum absolute atomic E-state index is 0.286. The molecule has 22 heavy (non-hydrogen) atoms. The molecule has 112 valence electrons. The average Bonchev–Trinajstić information content (AvgIpc) is 2.57. The highest BCUT2D eigenvalue weighted by molar-refractivity contribution is 5.47. The van der Waals surface area contributed by atoms with E-state index in [1.165, 1.54) is 5.56 Å². The molecule has 0 bridgehead atoms. The fourth-order valence-electron chi connectivity index (χ4n) is 2.79. The summed E-state index contributed by atoms with van der Waals surface area (Å²) in [5, 5.41) is 12.4. The predicted molar refractivity (Wildman–Crippen MR) is 82.9 cm³/mol. The monoisotopic (exact) mass is 294 g/mol. The van der Waals surface area contributed by atoms with E-state index in [4.69, 9.17) is 5.26 Å². The van der Waals surface area contributed by atoms with Crippen molar-refractivity contribution in [1.29, 1.82) is 5.26 Å². The van der Waals surface area contributed by atoms with Crippen LogP contribution in [0.3, 0.4) is 0 Å². The molecule has 6 heteroatoms. The molecule has 1 aliphatic rings. The van der Waals surface area contributed by atoms with Crippen LogP contribution in [0.4, 0.5) is 5.82 Å². The van der Waals surface area contributed by atoms with E-state index in [1.54, 1.807) is 18.6 Å². The molecule has 6 nitrogen and oxygen atoms in total. The van der Waals surface area contributed by atoms with Crippen molar-refractivity contribution in [3.8, 4) is 6.07 Å². The van der Waals surface area contributed by atoms with Crippen LogP contribution in [0.5, 0.6) is 0 Å². The molecule has 0 unspecified atom stereocenters. The molecule has 1 aliphatic heterocycles. The number of nitriles is 1. The Morgan fingerprint density at radius 3 is 3.05 bits per heavy atom. The Morgan fingerprint density at radius 1 is 1.32 bits per heavy atom. The summed E-state index contributed by atoms with van der Waals surface area (Å²) >= 11 is 0. The Hall–Kier alpha value is -2.52. The molecule has 0 radical (unpaired) electrons. The third-order valence-electron chi connectivity index (χ3n) is 3.78. The number of anilines is 1. The summed E-state index contributed by atoms with van der Waals surface area (Å²) in [4.78, 5) is 14.8. The lowest BCUT2D eigenvalue weighted by Crippen LogP contribution is -2.41. The normalized spacial score (nSPS) is 18.6. The number of hydrogen-bond donors (Lipinski definition) is 1. The summed E-state index contributed by atoms with van der Waals surface area (Å²) in [6, 6.07) is 6.43. The number of likely N-dealkylation sites (tertiary alicyclic amines) is 1. The first-order chi connectivity index (χ1) is 10.8. The molecule has 0 saturated carbocycles. The summed E-state index contributed by atoms with van der Waals surface area (Å²) in [5.41, 5.74) is 1.58. The summed E-state index contributed by atoms with van der Waals surface area (Å²) in [6.07, 6.45) is 9.05. The van der Waals surface area contributed by atoms with Crippen molar-refractivity contribution in [2.75, 3.05) is 18.4 Å². The number of pyridine rings is 1. The van der Waals surface area contributed by atoms with Crippen LogP contribution in [-0.4, -0.2) is 39.0 Å². The topological polar surface area (TPSA) is 77.7 Å². The molecule has 1 fully saturated rings. The molecule has 0 aliphatic carbocycles. The maximum atomic E-state index is 9.08. The van der Waals surface area contributed by atoms with E-state index in [0.29, 0.717) is 11.5 Å². The number of rotatable bonds is 4. The van der Waals surface area contributed by atoms with Gasteiger partial charge in [-0.2, -0.15) is 5.26 Å². The van der Waals surface area contributed by atoms with Gasteiger partial charge < -0.3 is 5.32 Å². The van der Waals surface area contributed by atoms with E-state index in [0.717, 1.165) is 32.5 Å². The lowest BCUT2D eigenvalue weighted by atomic mass is 10.0. The van der Waals surface area contributed by atoms with Gasteiger partial charge >= 0.3 is 0 Å². The van der Waals surface area contributed by atoms with Gasteiger partial charge in [0.2, 0.25) is 0 Å². The van der Waals surface area contributed by atoms with Gasteiger partial charge in [0.1, 0.15) is 6.07 Å². The third-order valence-corrected chi connectivity index (χ3v) is 3.78. The first-order valence-electron chi connectivity index (χ1n) is 7.44. The Balaban J connectivity index is 1.62. The molecule has 1 atom stereocenters. The molecule has 1 saturated heterocycles. The molecule has 1 N–H and O–H groups in total. The quantitative estimate of drug-likeness (QED) is 0.926. The SMILES string of the molecule is N#Cc1nccnc1N[C@H]1CCCN(Cc2cccnc2)C1. The van der Waals surface area contributed by atoms with Gasteiger partial charge in [-0.05, 0) is 31.0 Å². The van der Waals surface area contributed by atoms with Gasteiger partial charge in [-0.15, -0.1) is 0 Å². The fourth-order valence-corrected chi connectivity index (χ4v) is 2.79. The third kappa shape index (κ3) is 3.57. The van der Waals surface area contributed by atoms with E-state index in [1.807, 2.05) is 12.3 Å². The van der Waals surface area contributed by atoms with E-state index < -0.39 is 0 Å². The molecular weight excluding hydrogens is 276 g/mol. The smallest absolute Gasteiger partial charge is 0.182 e. The highest BCUT2D eigenvalue weighted by Gasteiger charge is 2.21. The van der Waals surface area contributed by atoms with E-state index in [-0.39, 0.29) is 6.04 Å². The largest absolute Gasteiger partial charge is 0.364 e. The van der Waals surface area contributed by atoms with Gasteiger partial charge in [-0.25, -0.2) is 9.97 Å². The fraction of sp³-hybridized carbons (Fsp3) is 0.375. The zero-order chi connectivity index (χ0) is 15.2. The van der Waals surface area contributed by atoms with E-state index in [2.05, 4.69) is 37.3 Å². The number of hydrogen-bond acceptors (Lipinski definition) is 6. The van der Waals surface area contributed by atoms with Crippen LogP contribution in [0.25, 0.3) is 0 Å². The van der Waals surface area contributed by atoms with E-state index in [9.17, 15) is 0 Å². The Labute approximate surface area is 129 Å². The molecule has 0 amide bonds. The molecule has 3 rings (SSSR count). The predicted octanol–water partition coefficient (Wildman–Crippen LogP) is 1.82. The lowest BCUT2D eigenvalue weighted by molar-refractivity contribution is 0.208. The Kier molecular flexibility index (Phi) is 4.56. The van der Waals surface area contributed by atoms with Crippen molar-refractivity contribution in [2.24, 2.45) is 0 Å². The molecule has 0 spiro atoms. The lowest BCUT2D eigenvalue weighted by Gasteiger charge is -2.33.